The summed E-state index contributed by atoms with van der Waals surface area (Å²) in [5, 5.41) is 5.31. The summed E-state index contributed by atoms with van der Waals surface area (Å²) in [6, 6.07) is 15.1. The van der Waals surface area contributed by atoms with Crippen LogP contribution in [0.4, 0.5) is 10.5 Å². The van der Waals surface area contributed by atoms with Crippen LogP contribution in [0.3, 0.4) is 0 Å². The molecule has 1 saturated heterocycles. The zero-order valence-corrected chi connectivity index (χ0v) is 14.2. The molecule has 3 rings (SSSR count). The maximum atomic E-state index is 12.8. The highest BCUT2D eigenvalue weighted by Crippen LogP contribution is 2.28. The Morgan fingerprint density at radius 3 is 2.62 bits per heavy atom. The van der Waals surface area contributed by atoms with E-state index in [1.807, 2.05) is 6.07 Å². The third-order valence-electron chi connectivity index (χ3n) is 4.24. The number of imide groups is 1. The fourth-order valence-electron chi connectivity index (χ4n) is 2.84. The first-order valence-corrected chi connectivity index (χ1v) is 8.00. The van der Waals surface area contributed by atoms with Crippen LogP contribution in [-0.4, -0.2) is 29.3 Å². The highest BCUT2D eigenvalue weighted by Gasteiger charge is 2.49. The van der Waals surface area contributed by atoms with Gasteiger partial charge in [0.2, 0.25) is 5.91 Å². The van der Waals surface area contributed by atoms with Crippen LogP contribution in [0.15, 0.2) is 54.6 Å². The number of benzene rings is 2. The van der Waals surface area contributed by atoms with E-state index in [-0.39, 0.29) is 6.54 Å². The quantitative estimate of drug-likeness (QED) is 0.656. The van der Waals surface area contributed by atoms with E-state index < -0.39 is 23.4 Å². The van der Waals surface area contributed by atoms with Crippen LogP contribution in [0.25, 0.3) is 0 Å². The van der Waals surface area contributed by atoms with E-state index in [4.69, 9.17) is 6.42 Å². The van der Waals surface area contributed by atoms with Crippen molar-refractivity contribution < 1.29 is 14.4 Å². The van der Waals surface area contributed by atoms with Gasteiger partial charge in [-0.2, -0.15) is 0 Å². The average Bonchev–Trinajstić information content (AvgIpc) is 2.87. The molecule has 0 radical (unpaired) electrons. The summed E-state index contributed by atoms with van der Waals surface area (Å²) < 4.78 is 0. The third kappa shape index (κ3) is 3.15. The molecule has 26 heavy (non-hydrogen) atoms. The van der Waals surface area contributed by atoms with Gasteiger partial charge >= 0.3 is 6.03 Å². The largest absolute Gasteiger partial charge is 0.325 e. The second kappa shape index (κ2) is 6.73. The first-order chi connectivity index (χ1) is 12.4. The molecule has 6 nitrogen and oxygen atoms in total. The third-order valence-corrected chi connectivity index (χ3v) is 4.24. The first-order valence-electron chi connectivity index (χ1n) is 8.00. The maximum absolute atomic E-state index is 12.8. The molecule has 1 aliphatic heterocycles. The Balaban J connectivity index is 1.74. The minimum Gasteiger partial charge on any atom is -0.324 e. The lowest BCUT2D eigenvalue weighted by Crippen LogP contribution is -2.42. The van der Waals surface area contributed by atoms with Gasteiger partial charge in [-0.1, -0.05) is 42.3 Å². The van der Waals surface area contributed by atoms with Gasteiger partial charge in [-0.3, -0.25) is 14.5 Å². The number of terminal acetylenes is 1. The van der Waals surface area contributed by atoms with E-state index in [1.54, 1.807) is 55.5 Å². The van der Waals surface area contributed by atoms with E-state index in [9.17, 15) is 14.4 Å². The fourth-order valence-corrected chi connectivity index (χ4v) is 2.84. The summed E-state index contributed by atoms with van der Waals surface area (Å²) in [4.78, 5) is 38.2. The standard InChI is InChI=1S/C20H17N3O3/c1-3-14-8-7-11-16(12-14)21-17(24)13-23-18(25)20(2,22-19(23)26)15-9-5-4-6-10-15/h1,4-12H,13H2,2H3,(H,21,24)(H,22,26). The number of carbonyl (C=O) groups excluding carboxylic acids is 3. The van der Waals surface area contributed by atoms with Crippen LogP contribution in [0.5, 0.6) is 0 Å². The Bertz CT molecular complexity index is 917. The summed E-state index contributed by atoms with van der Waals surface area (Å²) in [6.45, 7) is 1.24. The number of nitrogens with zero attached hydrogens (tertiary/aromatic N) is 1. The number of amides is 4. The number of nitrogens with one attached hydrogen (secondary N) is 2. The molecule has 0 spiro atoms. The lowest BCUT2D eigenvalue weighted by molar-refractivity contribution is -0.133. The zero-order valence-electron chi connectivity index (χ0n) is 14.2. The van der Waals surface area contributed by atoms with Crippen LogP contribution in [0.2, 0.25) is 0 Å². The predicted molar refractivity (Wildman–Crippen MR) is 97.0 cm³/mol. The summed E-state index contributed by atoms with van der Waals surface area (Å²) in [5.41, 5.74) is 0.586. The van der Waals surface area contributed by atoms with Crippen molar-refractivity contribution in [2.75, 3.05) is 11.9 Å². The molecule has 2 aromatic rings. The number of hydrogen-bond acceptors (Lipinski definition) is 3. The number of hydrogen-bond donors (Lipinski definition) is 2. The molecule has 0 aromatic heterocycles. The first kappa shape index (κ1) is 17.2. The Labute approximate surface area is 151 Å². The molecule has 1 unspecified atom stereocenters. The Morgan fingerprint density at radius 1 is 1.19 bits per heavy atom. The van der Waals surface area contributed by atoms with Crippen LogP contribution < -0.4 is 10.6 Å². The molecule has 0 saturated carbocycles. The number of urea groups is 1. The lowest BCUT2D eigenvalue weighted by Gasteiger charge is -2.22. The maximum Gasteiger partial charge on any atom is 0.325 e. The highest BCUT2D eigenvalue weighted by atomic mass is 16.2. The van der Waals surface area contributed by atoms with Crippen molar-refractivity contribution >= 4 is 23.5 Å². The average molecular weight is 347 g/mol. The van der Waals surface area contributed by atoms with Gasteiger partial charge in [0.15, 0.2) is 0 Å². The molecule has 1 fully saturated rings. The van der Waals surface area contributed by atoms with Gasteiger partial charge in [0.05, 0.1) is 0 Å². The molecule has 2 N–H and O–H groups in total. The normalized spacial score (nSPS) is 19.0. The summed E-state index contributed by atoms with van der Waals surface area (Å²) in [6.07, 6.45) is 5.33. The molecule has 0 bridgehead atoms. The van der Waals surface area contributed by atoms with Gasteiger partial charge in [-0.05, 0) is 30.7 Å². The van der Waals surface area contributed by atoms with Gasteiger partial charge in [0, 0.05) is 11.3 Å². The van der Waals surface area contributed by atoms with Crippen molar-refractivity contribution in [1.29, 1.82) is 0 Å². The monoisotopic (exact) mass is 347 g/mol. The van der Waals surface area contributed by atoms with Crippen LogP contribution in [0, 0.1) is 12.3 Å². The highest BCUT2D eigenvalue weighted by molar-refractivity contribution is 6.10. The number of rotatable bonds is 4. The smallest absolute Gasteiger partial charge is 0.324 e. The number of carbonyl (C=O) groups is 3. The van der Waals surface area contributed by atoms with E-state index in [2.05, 4.69) is 16.6 Å². The molecular weight excluding hydrogens is 330 g/mol. The van der Waals surface area contributed by atoms with Gasteiger partial charge in [-0.25, -0.2) is 4.79 Å². The van der Waals surface area contributed by atoms with Crippen molar-refractivity contribution in [2.24, 2.45) is 0 Å². The van der Waals surface area contributed by atoms with Crippen LogP contribution >= 0.6 is 0 Å². The Kier molecular flexibility index (Phi) is 4.46. The van der Waals surface area contributed by atoms with Crippen LogP contribution in [-0.2, 0) is 15.1 Å². The van der Waals surface area contributed by atoms with Crippen molar-refractivity contribution in [3.05, 3.63) is 65.7 Å². The molecular formula is C20H17N3O3. The van der Waals surface area contributed by atoms with Crippen molar-refractivity contribution in [3.8, 4) is 12.3 Å². The molecule has 1 aliphatic rings. The molecule has 1 atom stereocenters. The minimum atomic E-state index is -1.19. The van der Waals surface area contributed by atoms with E-state index in [0.717, 1.165) is 4.90 Å². The molecule has 0 aliphatic carbocycles. The second-order valence-electron chi connectivity index (χ2n) is 6.09. The SMILES string of the molecule is C#Cc1cccc(NC(=O)CN2C(=O)NC(C)(c3ccccc3)C2=O)c1. The minimum absolute atomic E-state index is 0.382. The van der Waals surface area contributed by atoms with Crippen molar-refractivity contribution in [1.82, 2.24) is 10.2 Å². The predicted octanol–water partition coefficient (Wildman–Crippen LogP) is 2.07. The van der Waals surface area contributed by atoms with Gasteiger partial charge in [0.25, 0.3) is 5.91 Å². The summed E-state index contributed by atoms with van der Waals surface area (Å²) >= 11 is 0. The van der Waals surface area contributed by atoms with Crippen molar-refractivity contribution in [3.63, 3.8) is 0 Å². The molecule has 130 valence electrons. The molecule has 2 aromatic carbocycles. The molecule has 4 amide bonds. The van der Waals surface area contributed by atoms with Gasteiger partial charge in [0.1, 0.15) is 12.1 Å². The molecule has 1 heterocycles. The summed E-state index contributed by atoms with van der Waals surface area (Å²) in [5.74, 6) is 1.52. The van der Waals surface area contributed by atoms with Crippen LogP contribution in [0.1, 0.15) is 18.1 Å². The Morgan fingerprint density at radius 2 is 1.92 bits per heavy atom. The number of anilines is 1. The summed E-state index contributed by atoms with van der Waals surface area (Å²) in [7, 11) is 0. The van der Waals surface area contributed by atoms with E-state index >= 15 is 0 Å². The van der Waals surface area contributed by atoms with E-state index in [1.165, 1.54) is 0 Å². The zero-order chi connectivity index (χ0) is 18.7. The van der Waals surface area contributed by atoms with Gasteiger partial charge < -0.3 is 10.6 Å². The van der Waals surface area contributed by atoms with Gasteiger partial charge in [-0.15, -0.1) is 6.42 Å². The fraction of sp³-hybridized carbons (Fsp3) is 0.150. The topological polar surface area (TPSA) is 78.5 Å². The lowest BCUT2D eigenvalue weighted by atomic mass is 9.92. The van der Waals surface area contributed by atoms with E-state index in [0.29, 0.717) is 16.8 Å². The second-order valence-corrected chi connectivity index (χ2v) is 6.09. The Hall–Kier alpha value is -3.59. The van der Waals surface area contributed by atoms with Crippen molar-refractivity contribution in [2.45, 2.75) is 12.5 Å². The molecule has 6 heteroatoms.